The van der Waals surface area contributed by atoms with Crippen molar-refractivity contribution in [2.45, 2.75) is 72.4 Å². The second-order valence-electron chi connectivity index (χ2n) is 10.2. The maximum Gasteiger partial charge on any atom is 0.318 e. The van der Waals surface area contributed by atoms with E-state index in [-0.39, 0.29) is 30.6 Å². The molecule has 1 N–H and O–H groups in total. The molecule has 6 nitrogen and oxygen atoms in total. The first-order valence-corrected chi connectivity index (χ1v) is 13.7. The number of carbonyl (C=O) groups is 2. The number of fused-ring (bicyclic) bond motifs is 1. The second-order valence-corrected chi connectivity index (χ2v) is 11.2. The number of nitrogens with one attached hydrogen (secondary N) is 1. The number of rotatable bonds is 10. The molecule has 1 aromatic heterocycles. The number of carbonyl (C=O) groups excluding carboxylic acids is 2. The summed E-state index contributed by atoms with van der Waals surface area (Å²) in [7, 11) is 0. The van der Waals surface area contributed by atoms with Crippen LogP contribution in [-0.2, 0) is 11.2 Å². The molecule has 0 radical (unpaired) electrons. The number of benzene rings is 1. The Kier molecular flexibility index (Phi) is 9.61. The predicted octanol–water partition coefficient (Wildman–Crippen LogP) is 5.84. The van der Waals surface area contributed by atoms with Crippen LogP contribution in [0, 0.1) is 5.92 Å². The van der Waals surface area contributed by atoms with Crippen molar-refractivity contribution in [3.8, 4) is 5.75 Å². The Hall–Kier alpha value is -2.54. The van der Waals surface area contributed by atoms with Crippen molar-refractivity contribution in [3.63, 3.8) is 0 Å². The molecule has 35 heavy (non-hydrogen) atoms. The molecule has 0 bridgehead atoms. The summed E-state index contributed by atoms with van der Waals surface area (Å²) in [5, 5.41) is 5.05. The van der Waals surface area contributed by atoms with Crippen molar-refractivity contribution >= 4 is 23.3 Å². The molecule has 0 saturated carbocycles. The summed E-state index contributed by atoms with van der Waals surface area (Å²) >= 11 is 1.74. The topological polar surface area (TPSA) is 61.9 Å². The molecule has 0 fully saturated rings. The Bertz CT molecular complexity index is 970. The SMILES string of the molecule is CC[C@@H](C)CN(CC(=O)N1CCc2sccc2[C@@H]1COc1ccc(C(C)C)cc1)C(=O)NC(C)C. The Morgan fingerprint density at radius 1 is 1.14 bits per heavy atom. The number of nitrogens with zero attached hydrogens (tertiary/aromatic N) is 2. The minimum Gasteiger partial charge on any atom is -0.491 e. The molecular weight excluding hydrogens is 458 g/mol. The number of hydrogen-bond donors (Lipinski definition) is 1. The van der Waals surface area contributed by atoms with Crippen LogP contribution in [-0.4, -0.2) is 54.0 Å². The van der Waals surface area contributed by atoms with Crippen LogP contribution in [0.25, 0.3) is 0 Å². The van der Waals surface area contributed by atoms with E-state index in [1.165, 1.54) is 10.4 Å². The monoisotopic (exact) mass is 499 g/mol. The van der Waals surface area contributed by atoms with Crippen LogP contribution in [0.3, 0.4) is 0 Å². The van der Waals surface area contributed by atoms with Gasteiger partial charge in [0.15, 0.2) is 0 Å². The smallest absolute Gasteiger partial charge is 0.318 e. The van der Waals surface area contributed by atoms with Gasteiger partial charge in [-0.05, 0) is 66.8 Å². The van der Waals surface area contributed by atoms with Gasteiger partial charge in [-0.2, -0.15) is 0 Å². The molecule has 2 aromatic rings. The summed E-state index contributed by atoms with van der Waals surface area (Å²) < 4.78 is 6.19. The highest BCUT2D eigenvalue weighted by molar-refractivity contribution is 7.10. The van der Waals surface area contributed by atoms with E-state index in [9.17, 15) is 9.59 Å². The van der Waals surface area contributed by atoms with Crippen LogP contribution < -0.4 is 10.1 Å². The number of hydrogen-bond acceptors (Lipinski definition) is 4. The minimum absolute atomic E-state index is 0.0172. The third-order valence-electron chi connectivity index (χ3n) is 6.62. The summed E-state index contributed by atoms with van der Waals surface area (Å²) in [6.07, 6.45) is 1.79. The van der Waals surface area contributed by atoms with Gasteiger partial charge in [-0.25, -0.2) is 4.79 Å². The number of thiophene rings is 1. The first-order valence-electron chi connectivity index (χ1n) is 12.8. The van der Waals surface area contributed by atoms with Gasteiger partial charge in [0.2, 0.25) is 5.91 Å². The lowest BCUT2D eigenvalue weighted by Crippen LogP contribution is -2.51. The van der Waals surface area contributed by atoms with E-state index in [1.807, 2.05) is 30.9 Å². The highest BCUT2D eigenvalue weighted by atomic mass is 32.1. The van der Waals surface area contributed by atoms with Gasteiger partial charge in [-0.15, -0.1) is 11.3 Å². The van der Waals surface area contributed by atoms with Gasteiger partial charge in [0.05, 0.1) is 6.04 Å². The summed E-state index contributed by atoms with van der Waals surface area (Å²) in [5.74, 6) is 1.56. The molecule has 3 rings (SSSR count). The molecule has 1 aromatic carbocycles. The average molecular weight is 500 g/mol. The normalized spacial score (nSPS) is 16.2. The van der Waals surface area contributed by atoms with Gasteiger partial charge in [0, 0.05) is 24.0 Å². The van der Waals surface area contributed by atoms with Crippen LogP contribution in [0.1, 0.15) is 75.9 Å². The minimum atomic E-state index is -0.181. The Balaban J connectivity index is 1.75. The average Bonchev–Trinajstić information content (AvgIpc) is 3.30. The lowest BCUT2D eigenvalue weighted by molar-refractivity contribution is -0.135. The Labute approximate surface area is 214 Å². The van der Waals surface area contributed by atoms with E-state index in [0.29, 0.717) is 31.5 Å². The third-order valence-corrected chi connectivity index (χ3v) is 7.62. The molecule has 192 valence electrons. The molecule has 2 heterocycles. The van der Waals surface area contributed by atoms with Gasteiger partial charge >= 0.3 is 6.03 Å². The highest BCUT2D eigenvalue weighted by Crippen LogP contribution is 2.34. The van der Waals surface area contributed by atoms with Crippen LogP contribution in [0.2, 0.25) is 0 Å². The molecule has 0 aliphatic carbocycles. The summed E-state index contributed by atoms with van der Waals surface area (Å²) in [6, 6.07) is 9.98. The number of ether oxygens (including phenoxy) is 1. The zero-order valence-corrected chi connectivity index (χ0v) is 22.9. The molecule has 0 spiro atoms. The van der Waals surface area contributed by atoms with Gasteiger partial charge in [0.1, 0.15) is 18.9 Å². The van der Waals surface area contributed by atoms with Crippen molar-refractivity contribution in [1.29, 1.82) is 0 Å². The van der Waals surface area contributed by atoms with Crippen molar-refractivity contribution in [3.05, 3.63) is 51.7 Å². The van der Waals surface area contributed by atoms with E-state index in [4.69, 9.17) is 4.74 Å². The van der Waals surface area contributed by atoms with E-state index < -0.39 is 0 Å². The molecule has 0 unspecified atom stereocenters. The Morgan fingerprint density at radius 2 is 1.86 bits per heavy atom. The molecule has 1 aliphatic heterocycles. The second kappa shape index (κ2) is 12.4. The fourth-order valence-corrected chi connectivity index (χ4v) is 5.24. The Morgan fingerprint density at radius 3 is 2.49 bits per heavy atom. The zero-order chi connectivity index (χ0) is 25.5. The molecule has 0 saturated heterocycles. The van der Waals surface area contributed by atoms with Crippen LogP contribution in [0.5, 0.6) is 5.75 Å². The van der Waals surface area contributed by atoms with Gasteiger partial charge in [0.25, 0.3) is 0 Å². The van der Waals surface area contributed by atoms with Crippen LogP contribution in [0.4, 0.5) is 4.79 Å². The molecular formula is C28H41N3O3S. The third kappa shape index (κ3) is 7.23. The van der Waals surface area contributed by atoms with Crippen LogP contribution in [0.15, 0.2) is 35.7 Å². The first kappa shape index (κ1) is 27.1. The quantitative estimate of drug-likeness (QED) is 0.447. The maximum absolute atomic E-state index is 13.6. The standard InChI is InChI=1S/C28H41N3O3S/c1-7-21(6)16-30(28(33)29-20(4)5)17-27(32)31-14-12-26-24(13-15-35-26)25(31)18-34-23-10-8-22(9-11-23)19(2)3/h8-11,13,15,19-21,25H,7,12,14,16-18H2,1-6H3,(H,29,33)/t21-,25+/m1/s1. The van der Waals surface area contributed by atoms with Crippen molar-refractivity contribution < 1.29 is 14.3 Å². The fraction of sp³-hybridized carbons (Fsp3) is 0.571. The lowest BCUT2D eigenvalue weighted by Gasteiger charge is -2.37. The van der Waals surface area contributed by atoms with Gasteiger partial charge in [-0.1, -0.05) is 46.2 Å². The van der Waals surface area contributed by atoms with Gasteiger partial charge in [-0.3, -0.25) is 4.79 Å². The van der Waals surface area contributed by atoms with Crippen LogP contribution >= 0.6 is 11.3 Å². The van der Waals surface area contributed by atoms with Crippen molar-refractivity contribution in [2.24, 2.45) is 5.92 Å². The molecule has 7 heteroatoms. The molecule has 1 aliphatic rings. The predicted molar refractivity (Wildman–Crippen MR) is 143 cm³/mol. The fourth-order valence-electron chi connectivity index (χ4n) is 4.32. The van der Waals surface area contributed by atoms with E-state index in [2.05, 4.69) is 56.6 Å². The zero-order valence-electron chi connectivity index (χ0n) is 22.0. The highest BCUT2D eigenvalue weighted by Gasteiger charge is 2.33. The largest absolute Gasteiger partial charge is 0.491 e. The van der Waals surface area contributed by atoms with Crippen molar-refractivity contribution in [1.82, 2.24) is 15.1 Å². The maximum atomic E-state index is 13.6. The molecule has 2 atom stereocenters. The number of amides is 3. The first-order chi connectivity index (χ1) is 16.7. The lowest BCUT2D eigenvalue weighted by atomic mass is 10.00. The summed E-state index contributed by atoms with van der Waals surface area (Å²) in [5.41, 5.74) is 2.43. The van der Waals surface area contributed by atoms with E-state index >= 15 is 0 Å². The molecule has 3 amide bonds. The summed E-state index contributed by atoms with van der Waals surface area (Å²) in [4.78, 5) is 31.4. The van der Waals surface area contributed by atoms with Crippen molar-refractivity contribution in [2.75, 3.05) is 26.2 Å². The van der Waals surface area contributed by atoms with Gasteiger partial charge < -0.3 is 19.9 Å². The van der Waals surface area contributed by atoms with E-state index in [0.717, 1.165) is 24.2 Å². The number of urea groups is 1. The summed E-state index contributed by atoms with van der Waals surface area (Å²) in [6.45, 7) is 14.1. The van der Waals surface area contributed by atoms with E-state index in [1.54, 1.807) is 16.2 Å².